The number of hydrogen-bond acceptors (Lipinski definition) is 6. The van der Waals surface area contributed by atoms with Crippen LogP contribution in [-0.4, -0.2) is 56.8 Å². The Morgan fingerprint density at radius 3 is 2.38 bits per heavy atom. The standard InChI is InChI=1S/C25H31Cl2N3O6S/c1-16(2)28-25(32)17(3)29(14-18-7-9-20(26)21(27)12-18)24(31)6-5-11-30(37(4,33)34)19-8-10-22-23(13-19)36-15-35-22/h7-10,12-13,16-17H,5-6,11,14-15H2,1-4H3,(H,28,32). The van der Waals surface area contributed by atoms with Crippen LogP contribution in [0.25, 0.3) is 0 Å². The molecule has 12 heteroatoms. The van der Waals surface area contributed by atoms with E-state index >= 15 is 0 Å². The molecule has 3 rings (SSSR count). The molecule has 0 radical (unpaired) electrons. The molecular formula is C25H31Cl2N3O6S. The van der Waals surface area contributed by atoms with E-state index < -0.39 is 16.1 Å². The average molecular weight is 573 g/mol. The van der Waals surface area contributed by atoms with Crippen molar-refractivity contribution in [2.75, 3.05) is 23.9 Å². The van der Waals surface area contributed by atoms with E-state index in [0.717, 1.165) is 6.26 Å². The van der Waals surface area contributed by atoms with Crippen LogP contribution in [0.5, 0.6) is 11.5 Å². The second kappa shape index (κ2) is 12.2. The molecule has 1 aliphatic heterocycles. The van der Waals surface area contributed by atoms with Gasteiger partial charge in [0.1, 0.15) is 6.04 Å². The Morgan fingerprint density at radius 2 is 1.73 bits per heavy atom. The van der Waals surface area contributed by atoms with Crippen molar-refractivity contribution in [2.45, 2.75) is 52.2 Å². The number of ether oxygens (including phenoxy) is 2. The number of carbonyl (C=O) groups is 2. The van der Waals surface area contributed by atoms with Gasteiger partial charge >= 0.3 is 0 Å². The highest BCUT2D eigenvalue weighted by Gasteiger charge is 2.27. The second-order valence-corrected chi connectivity index (χ2v) is 11.8. The normalized spacial score (nSPS) is 13.4. The Bertz CT molecular complexity index is 1250. The summed E-state index contributed by atoms with van der Waals surface area (Å²) in [7, 11) is -3.63. The van der Waals surface area contributed by atoms with Crippen LogP contribution in [-0.2, 0) is 26.2 Å². The molecule has 2 aromatic rings. The molecule has 0 bridgehead atoms. The molecule has 9 nitrogen and oxygen atoms in total. The minimum absolute atomic E-state index is 0.0250. The van der Waals surface area contributed by atoms with Crippen LogP contribution >= 0.6 is 23.2 Å². The van der Waals surface area contributed by atoms with Gasteiger partial charge in [0.15, 0.2) is 11.5 Å². The van der Waals surface area contributed by atoms with E-state index in [1.807, 2.05) is 13.8 Å². The molecular weight excluding hydrogens is 541 g/mol. The lowest BCUT2D eigenvalue weighted by Gasteiger charge is -2.30. The highest BCUT2D eigenvalue weighted by Crippen LogP contribution is 2.36. The van der Waals surface area contributed by atoms with Gasteiger partial charge in [0.2, 0.25) is 28.6 Å². The molecule has 0 fully saturated rings. The van der Waals surface area contributed by atoms with Crippen LogP contribution < -0.4 is 19.1 Å². The molecule has 1 aliphatic rings. The third-order valence-corrected chi connectivity index (χ3v) is 7.66. The number of rotatable bonds is 11. The van der Waals surface area contributed by atoms with Gasteiger partial charge in [-0.15, -0.1) is 0 Å². The maximum Gasteiger partial charge on any atom is 0.242 e. The summed E-state index contributed by atoms with van der Waals surface area (Å²) >= 11 is 12.2. The van der Waals surface area contributed by atoms with Crippen molar-refractivity contribution in [1.82, 2.24) is 10.2 Å². The summed E-state index contributed by atoms with van der Waals surface area (Å²) in [6.07, 6.45) is 1.36. The molecule has 1 atom stereocenters. The molecule has 1 unspecified atom stereocenters. The zero-order valence-electron chi connectivity index (χ0n) is 21.2. The summed E-state index contributed by atoms with van der Waals surface area (Å²) in [5.41, 5.74) is 1.13. The van der Waals surface area contributed by atoms with Crippen LogP contribution in [0.4, 0.5) is 5.69 Å². The summed E-state index contributed by atoms with van der Waals surface area (Å²) < 4.78 is 36.9. The lowest BCUT2D eigenvalue weighted by Crippen LogP contribution is -2.49. The topological polar surface area (TPSA) is 105 Å². The molecule has 2 amide bonds. The van der Waals surface area contributed by atoms with E-state index in [9.17, 15) is 18.0 Å². The van der Waals surface area contributed by atoms with Gasteiger partial charge < -0.3 is 19.7 Å². The Labute approximate surface area is 227 Å². The van der Waals surface area contributed by atoms with Crippen molar-refractivity contribution < 1.29 is 27.5 Å². The van der Waals surface area contributed by atoms with E-state index in [4.69, 9.17) is 32.7 Å². The first-order chi connectivity index (χ1) is 17.4. The quantitative estimate of drug-likeness (QED) is 0.433. The van der Waals surface area contributed by atoms with Crippen molar-refractivity contribution in [1.29, 1.82) is 0 Å². The first-order valence-electron chi connectivity index (χ1n) is 11.8. The van der Waals surface area contributed by atoms with Crippen LogP contribution in [0.15, 0.2) is 36.4 Å². The monoisotopic (exact) mass is 571 g/mol. The summed E-state index contributed by atoms with van der Waals surface area (Å²) in [5, 5.41) is 3.56. The maximum absolute atomic E-state index is 13.3. The Hall–Kier alpha value is -2.69. The number of anilines is 1. The van der Waals surface area contributed by atoms with Crippen molar-refractivity contribution in [3.63, 3.8) is 0 Å². The van der Waals surface area contributed by atoms with Gasteiger partial charge in [-0.2, -0.15) is 0 Å². The van der Waals surface area contributed by atoms with Gasteiger partial charge in [-0.3, -0.25) is 13.9 Å². The minimum Gasteiger partial charge on any atom is -0.454 e. The number of amides is 2. The Kier molecular flexibility index (Phi) is 9.55. The van der Waals surface area contributed by atoms with E-state index in [-0.39, 0.29) is 50.6 Å². The van der Waals surface area contributed by atoms with E-state index in [0.29, 0.717) is 32.8 Å². The SMILES string of the molecule is CC(C)NC(=O)C(C)N(Cc1ccc(Cl)c(Cl)c1)C(=O)CCCN(c1ccc2c(c1)OCO2)S(C)(=O)=O. The Morgan fingerprint density at radius 1 is 1.03 bits per heavy atom. The number of fused-ring (bicyclic) bond motifs is 1. The van der Waals surface area contributed by atoms with Crippen molar-refractivity contribution in [3.05, 3.63) is 52.0 Å². The fourth-order valence-electron chi connectivity index (χ4n) is 3.87. The van der Waals surface area contributed by atoms with Gasteiger partial charge in [-0.05, 0) is 57.0 Å². The number of nitrogens with zero attached hydrogens (tertiary/aromatic N) is 2. The summed E-state index contributed by atoms with van der Waals surface area (Å²) in [6, 6.07) is 9.05. The van der Waals surface area contributed by atoms with Gasteiger partial charge in [-0.1, -0.05) is 29.3 Å². The molecule has 2 aromatic carbocycles. The maximum atomic E-state index is 13.3. The molecule has 0 aliphatic carbocycles. The van der Waals surface area contributed by atoms with Gasteiger partial charge in [0, 0.05) is 31.6 Å². The number of carbonyl (C=O) groups excluding carboxylic acids is 2. The molecule has 37 heavy (non-hydrogen) atoms. The third kappa shape index (κ3) is 7.66. The average Bonchev–Trinajstić information content (AvgIpc) is 3.28. The number of hydrogen-bond donors (Lipinski definition) is 1. The lowest BCUT2D eigenvalue weighted by molar-refractivity contribution is -0.140. The van der Waals surface area contributed by atoms with E-state index in [2.05, 4.69) is 5.32 Å². The predicted molar refractivity (Wildman–Crippen MR) is 144 cm³/mol. The third-order valence-electron chi connectivity index (χ3n) is 5.73. The van der Waals surface area contributed by atoms with Crippen molar-refractivity contribution >= 4 is 50.7 Å². The fourth-order valence-corrected chi connectivity index (χ4v) is 5.14. The Balaban J connectivity index is 1.75. The smallest absolute Gasteiger partial charge is 0.242 e. The molecule has 1 N–H and O–H groups in total. The first kappa shape index (κ1) is 28.9. The highest BCUT2D eigenvalue weighted by atomic mass is 35.5. The number of sulfonamides is 1. The van der Waals surface area contributed by atoms with Crippen LogP contribution in [0.2, 0.25) is 10.0 Å². The molecule has 1 heterocycles. The van der Waals surface area contributed by atoms with Crippen molar-refractivity contribution in [2.24, 2.45) is 0 Å². The molecule has 0 spiro atoms. The molecule has 202 valence electrons. The van der Waals surface area contributed by atoms with Crippen LogP contribution in [0, 0.1) is 0 Å². The molecule has 0 saturated carbocycles. The first-order valence-corrected chi connectivity index (χ1v) is 14.4. The number of halogens is 2. The summed E-state index contributed by atoms with van der Waals surface area (Å²) in [6.45, 7) is 5.61. The zero-order valence-corrected chi connectivity index (χ0v) is 23.5. The second-order valence-electron chi connectivity index (χ2n) is 9.09. The predicted octanol–water partition coefficient (Wildman–Crippen LogP) is 4.21. The highest BCUT2D eigenvalue weighted by molar-refractivity contribution is 7.92. The van der Waals surface area contributed by atoms with Crippen LogP contribution in [0.3, 0.4) is 0 Å². The molecule has 0 aromatic heterocycles. The fraction of sp³-hybridized carbons (Fsp3) is 0.440. The molecule has 0 saturated heterocycles. The summed E-state index contributed by atoms with van der Waals surface area (Å²) in [5.74, 6) is 0.414. The van der Waals surface area contributed by atoms with Gasteiger partial charge in [0.05, 0.1) is 22.0 Å². The summed E-state index contributed by atoms with van der Waals surface area (Å²) in [4.78, 5) is 27.5. The van der Waals surface area contributed by atoms with Gasteiger partial charge in [-0.25, -0.2) is 8.42 Å². The zero-order chi connectivity index (χ0) is 27.3. The minimum atomic E-state index is -3.63. The largest absolute Gasteiger partial charge is 0.454 e. The van der Waals surface area contributed by atoms with Gasteiger partial charge in [0.25, 0.3) is 0 Å². The lowest BCUT2D eigenvalue weighted by atomic mass is 10.1. The number of benzene rings is 2. The van der Waals surface area contributed by atoms with E-state index in [1.165, 1.54) is 9.21 Å². The van der Waals surface area contributed by atoms with Crippen molar-refractivity contribution in [3.8, 4) is 11.5 Å². The van der Waals surface area contributed by atoms with Crippen LogP contribution in [0.1, 0.15) is 39.2 Å². The van der Waals surface area contributed by atoms with E-state index in [1.54, 1.807) is 43.3 Å². The number of nitrogens with one attached hydrogen (secondary N) is 1.